The van der Waals surface area contributed by atoms with Gasteiger partial charge in [-0.3, -0.25) is 0 Å². The van der Waals surface area contributed by atoms with Crippen LogP contribution in [0.5, 0.6) is 0 Å². The zero-order valence-electron chi connectivity index (χ0n) is 9.08. The van der Waals surface area contributed by atoms with Crippen LogP contribution in [0.4, 0.5) is 17.6 Å². The Balaban J connectivity index is 3.50. The maximum Gasteiger partial charge on any atom is 0.194 e. The first kappa shape index (κ1) is 13.1. The van der Waals surface area contributed by atoms with Crippen LogP contribution in [0.25, 0.3) is 0 Å². The second kappa shape index (κ2) is 4.48. The van der Waals surface area contributed by atoms with E-state index in [9.17, 15) is 17.6 Å². The summed E-state index contributed by atoms with van der Waals surface area (Å²) in [6.45, 7) is 3.26. The largest absolute Gasteiger partial charge is 0.206 e. The van der Waals surface area contributed by atoms with Gasteiger partial charge < -0.3 is 0 Å². The van der Waals surface area contributed by atoms with Crippen LogP contribution in [0.2, 0.25) is 0 Å². The van der Waals surface area contributed by atoms with E-state index in [0.29, 0.717) is 6.07 Å². The van der Waals surface area contributed by atoms with Crippen LogP contribution in [0.1, 0.15) is 32.3 Å². The molecule has 0 fully saturated rings. The van der Waals surface area contributed by atoms with Crippen molar-refractivity contribution in [3.05, 3.63) is 34.9 Å². The molecule has 86 valence electrons. The van der Waals surface area contributed by atoms with Gasteiger partial charge in [-0.25, -0.2) is 17.6 Å². The predicted molar refractivity (Wildman–Crippen MR) is 54.3 cm³/mol. The van der Waals surface area contributed by atoms with Gasteiger partial charge in [-0.2, -0.15) is 0 Å². The Morgan fingerprint density at radius 3 is 1.94 bits per heavy atom. The normalized spacial score (nSPS) is 11.9. The lowest BCUT2D eigenvalue weighted by Crippen LogP contribution is -2.28. The van der Waals surface area contributed by atoms with Crippen molar-refractivity contribution < 1.29 is 17.6 Å². The van der Waals surface area contributed by atoms with Crippen LogP contribution >= 0.6 is 0 Å². The highest BCUT2D eigenvalue weighted by Gasteiger charge is 2.31. The third-order valence-corrected chi connectivity index (χ3v) is 2.87. The van der Waals surface area contributed by atoms with E-state index in [1.165, 1.54) is 0 Å². The molecule has 1 aromatic carbocycles. The average molecular weight is 230 g/mol. The zero-order valence-corrected chi connectivity index (χ0v) is 9.08. The van der Waals surface area contributed by atoms with E-state index < -0.39 is 34.1 Å². The van der Waals surface area contributed by atoms with Crippen molar-refractivity contribution in [1.29, 1.82) is 0 Å². The summed E-state index contributed by atoms with van der Waals surface area (Å²) in [6, 6.07) is 0.320. The minimum absolute atomic E-state index is 0.225. The standard InChI is InChI=1S/C11H11BF4/c1-3-11(12,4-2)8-6(13)5-7(14)9(15)10(8)16/h5H,3-4H2,1-2H3. The van der Waals surface area contributed by atoms with Gasteiger partial charge in [0.05, 0.1) is 7.85 Å². The van der Waals surface area contributed by atoms with Gasteiger partial charge in [-0.1, -0.05) is 26.7 Å². The van der Waals surface area contributed by atoms with Gasteiger partial charge in [0.2, 0.25) is 0 Å². The van der Waals surface area contributed by atoms with Gasteiger partial charge in [0.1, 0.15) is 5.82 Å². The first-order chi connectivity index (χ1) is 7.37. The molecule has 0 aromatic heterocycles. The van der Waals surface area contributed by atoms with Gasteiger partial charge in [0.25, 0.3) is 0 Å². The number of rotatable bonds is 3. The fourth-order valence-electron chi connectivity index (χ4n) is 1.63. The first-order valence-electron chi connectivity index (χ1n) is 4.99. The predicted octanol–water partition coefficient (Wildman–Crippen LogP) is 3.43. The highest BCUT2D eigenvalue weighted by Crippen LogP contribution is 2.33. The molecule has 2 radical (unpaired) electrons. The van der Waals surface area contributed by atoms with Gasteiger partial charge >= 0.3 is 0 Å². The Hall–Kier alpha value is -0.995. The molecule has 5 heteroatoms. The molecule has 1 rings (SSSR count). The molecule has 0 heterocycles. The molecule has 0 aliphatic rings. The Labute approximate surface area is 93.1 Å². The van der Waals surface area contributed by atoms with Gasteiger partial charge in [0, 0.05) is 11.6 Å². The minimum atomic E-state index is -1.69. The van der Waals surface area contributed by atoms with E-state index in [0.717, 1.165) is 0 Å². The Bertz CT molecular complexity index is 399. The molecular formula is C11H11BF4. The fourth-order valence-corrected chi connectivity index (χ4v) is 1.63. The molecule has 0 saturated carbocycles. The molecule has 0 amide bonds. The molecule has 0 atom stereocenters. The molecular weight excluding hydrogens is 219 g/mol. The number of hydrogen-bond acceptors (Lipinski definition) is 0. The lowest BCUT2D eigenvalue weighted by molar-refractivity contribution is 0.401. The summed E-state index contributed by atoms with van der Waals surface area (Å²) in [5.74, 6) is -5.92. The summed E-state index contributed by atoms with van der Waals surface area (Å²) < 4.78 is 52.6. The minimum Gasteiger partial charge on any atom is -0.206 e. The van der Waals surface area contributed by atoms with Crippen molar-refractivity contribution in [3.8, 4) is 0 Å². The lowest BCUT2D eigenvalue weighted by atomic mass is 9.60. The van der Waals surface area contributed by atoms with Crippen LogP contribution in [0.3, 0.4) is 0 Å². The fraction of sp³-hybridized carbons (Fsp3) is 0.455. The third-order valence-electron chi connectivity index (χ3n) is 2.87. The van der Waals surface area contributed by atoms with Crippen molar-refractivity contribution in [2.75, 3.05) is 0 Å². The summed E-state index contributed by atoms with van der Waals surface area (Å²) in [5.41, 5.74) is -0.587. The van der Waals surface area contributed by atoms with Crippen LogP contribution < -0.4 is 0 Å². The molecule has 0 spiro atoms. The molecule has 0 unspecified atom stereocenters. The van der Waals surface area contributed by atoms with Crippen LogP contribution in [0, 0.1) is 23.3 Å². The topological polar surface area (TPSA) is 0 Å². The van der Waals surface area contributed by atoms with E-state index in [4.69, 9.17) is 7.85 Å². The lowest BCUT2D eigenvalue weighted by Gasteiger charge is -2.28. The van der Waals surface area contributed by atoms with E-state index in [-0.39, 0.29) is 12.8 Å². The summed E-state index contributed by atoms with van der Waals surface area (Å²) in [5, 5.41) is -1.32. The second-order valence-corrected chi connectivity index (χ2v) is 3.71. The average Bonchev–Trinajstić information content (AvgIpc) is 2.25. The Kier molecular flexibility index (Phi) is 3.66. The zero-order chi connectivity index (χ0) is 12.5. The summed E-state index contributed by atoms with van der Waals surface area (Å²) in [7, 11) is 5.77. The number of benzene rings is 1. The maximum absolute atomic E-state index is 13.5. The van der Waals surface area contributed by atoms with Gasteiger partial charge in [0.15, 0.2) is 17.5 Å². The first-order valence-corrected chi connectivity index (χ1v) is 4.99. The van der Waals surface area contributed by atoms with Crippen LogP contribution in [-0.4, -0.2) is 7.85 Å². The van der Waals surface area contributed by atoms with Crippen LogP contribution in [0.15, 0.2) is 6.07 Å². The molecule has 16 heavy (non-hydrogen) atoms. The summed E-state index contributed by atoms with van der Waals surface area (Å²) in [6.07, 6.45) is 0.449. The van der Waals surface area contributed by atoms with Crippen molar-refractivity contribution >= 4 is 7.85 Å². The molecule has 0 bridgehead atoms. The van der Waals surface area contributed by atoms with E-state index in [1.54, 1.807) is 13.8 Å². The van der Waals surface area contributed by atoms with Crippen molar-refractivity contribution in [1.82, 2.24) is 0 Å². The SMILES string of the molecule is [B]C(CC)(CC)c1c(F)cc(F)c(F)c1F. The summed E-state index contributed by atoms with van der Waals surface area (Å²) in [4.78, 5) is 0. The van der Waals surface area contributed by atoms with E-state index >= 15 is 0 Å². The maximum atomic E-state index is 13.5. The van der Waals surface area contributed by atoms with Crippen molar-refractivity contribution in [3.63, 3.8) is 0 Å². The highest BCUT2D eigenvalue weighted by atomic mass is 19.2. The van der Waals surface area contributed by atoms with Crippen molar-refractivity contribution in [2.45, 2.75) is 32.0 Å². The smallest absolute Gasteiger partial charge is 0.194 e. The second-order valence-electron chi connectivity index (χ2n) is 3.71. The number of hydrogen-bond donors (Lipinski definition) is 0. The molecule has 0 nitrogen and oxygen atoms in total. The molecule has 1 aromatic rings. The molecule has 0 N–H and O–H groups in total. The summed E-state index contributed by atoms with van der Waals surface area (Å²) >= 11 is 0. The Morgan fingerprint density at radius 1 is 1.00 bits per heavy atom. The van der Waals surface area contributed by atoms with Crippen LogP contribution in [-0.2, 0) is 5.31 Å². The van der Waals surface area contributed by atoms with Gasteiger partial charge in [-0.05, 0) is 5.31 Å². The molecule has 0 aliphatic carbocycles. The van der Waals surface area contributed by atoms with E-state index in [1.807, 2.05) is 0 Å². The highest BCUT2D eigenvalue weighted by molar-refractivity contribution is 6.15. The molecule has 0 aliphatic heterocycles. The third kappa shape index (κ3) is 1.95. The van der Waals surface area contributed by atoms with Crippen molar-refractivity contribution in [2.24, 2.45) is 0 Å². The Morgan fingerprint density at radius 2 is 1.50 bits per heavy atom. The monoisotopic (exact) mass is 230 g/mol. The quantitative estimate of drug-likeness (QED) is 0.323. The number of halogens is 4. The van der Waals surface area contributed by atoms with Gasteiger partial charge in [-0.15, -0.1) is 0 Å². The van der Waals surface area contributed by atoms with E-state index in [2.05, 4.69) is 0 Å². The molecule has 0 saturated heterocycles.